The number of ether oxygens (including phenoxy) is 1. The van der Waals surface area contributed by atoms with Crippen LogP contribution in [0.15, 0.2) is 53.6 Å². The molecule has 0 atom stereocenters. The highest BCUT2D eigenvalue weighted by atomic mass is 16.5. The monoisotopic (exact) mass is 365 g/mol. The third-order valence-electron chi connectivity index (χ3n) is 4.37. The molecule has 0 bridgehead atoms. The molecule has 2 amide bonds. The van der Waals surface area contributed by atoms with Crippen molar-refractivity contribution in [1.29, 1.82) is 0 Å². The fourth-order valence-corrected chi connectivity index (χ4v) is 2.78. The molecule has 2 aromatic rings. The molecule has 0 aromatic heterocycles. The smallest absolute Gasteiger partial charge is 0.329 e. The minimum absolute atomic E-state index is 0.502. The molecule has 0 saturated carbocycles. The van der Waals surface area contributed by atoms with Crippen molar-refractivity contribution in [2.75, 3.05) is 13.1 Å². The molecule has 1 heterocycles. The van der Waals surface area contributed by atoms with Crippen LogP contribution in [-0.2, 0) is 16.2 Å². The van der Waals surface area contributed by atoms with E-state index in [9.17, 15) is 9.59 Å². The molecule has 0 radical (unpaired) electrons. The summed E-state index contributed by atoms with van der Waals surface area (Å²) in [5, 5.41) is 3.85. The molecule has 1 aliphatic rings. The van der Waals surface area contributed by atoms with Crippen molar-refractivity contribution in [3.8, 4) is 5.75 Å². The highest BCUT2D eigenvalue weighted by Gasteiger charge is 2.23. The minimum Gasteiger partial charge on any atom is -0.489 e. The zero-order valence-electron chi connectivity index (χ0n) is 15.4. The predicted octanol–water partition coefficient (Wildman–Crippen LogP) is 2.65. The van der Waals surface area contributed by atoms with Gasteiger partial charge in [0.25, 0.3) is 0 Å². The van der Waals surface area contributed by atoms with Crippen LogP contribution in [0.25, 0.3) is 0 Å². The van der Waals surface area contributed by atoms with E-state index in [-0.39, 0.29) is 0 Å². The van der Waals surface area contributed by atoms with Gasteiger partial charge in [0.1, 0.15) is 12.4 Å². The van der Waals surface area contributed by atoms with Gasteiger partial charge in [-0.3, -0.25) is 9.59 Å². The lowest BCUT2D eigenvalue weighted by Crippen LogP contribution is -2.39. The Morgan fingerprint density at radius 3 is 2.41 bits per heavy atom. The summed E-state index contributed by atoms with van der Waals surface area (Å²) in [5.74, 6) is -0.475. The normalized spacial score (nSPS) is 13.7. The number of likely N-dealkylation sites (tertiary alicyclic amines) is 1. The lowest BCUT2D eigenvalue weighted by atomic mass is 10.2. The van der Waals surface area contributed by atoms with E-state index in [1.165, 1.54) is 11.8 Å². The van der Waals surface area contributed by atoms with E-state index in [1.807, 2.05) is 36.4 Å². The number of nitrogens with zero attached hydrogens (tertiary/aromatic N) is 2. The van der Waals surface area contributed by atoms with Gasteiger partial charge in [-0.1, -0.05) is 29.8 Å². The summed E-state index contributed by atoms with van der Waals surface area (Å²) < 4.78 is 5.75. The van der Waals surface area contributed by atoms with Crippen LogP contribution >= 0.6 is 0 Å². The van der Waals surface area contributed by atoms with Crippen LogP contribution in [0.1, 0.15) is 29.5 Å². The fourth-order valence-electron chi connectivity index (χ4n) is 2.78. The van der Waals surface area contributed by atoms with E-state index in [0.717, 1.165) is 29.7 Å². The molecule has 0 spiro atoms. The summed E-state index contributed by atoms with van der Waals surface area (Å²) in [4.78, 5) is 25.2. The van der Waals surface area contributed by atoms with E-state index in [1.54, 1.807) is 4.90 Å². The summed E-state index contributed by atoms with van der Waals surface area (Å²) in [6, 6.07) is 15.6. The topological polar surface area (TPSA) is 71.0 Å². The zero-order chi connectivity index (χ0) is 19.1. The first-order valence-corrected chi connectivity index (χ1v) is 9.02. The Morgan fingerprint density at radius 1 is 1.07 bits per heavy atom. The maximum atomic E-state index is 11.9. The number of carbonyl (C=O) groups is 2. The van der Waals surface area contributed by atoms with Crippen LogP contribution in [0.5, 0.6) is 5.75 Å². The van der Waals surface area contributed by atoms with Gasteiger partial charge < -0.3 is 9.64 Å². The third-order valence-corrected chi connectivity index (χ3v) is 4.37. The van der Waals surface area contributed by atoms with E-state index in [0.29, 0.717) is 19.7 Å². The van der Waals surface area contributed by atoms with Crippen molar-refractivity contribution >= 4 is 18.0 Å². The van der Waals surface area contributed by atoms with Gasteiger partial charge >= 0.3 is 11.8 Å². The number of rotatable bonds is 5. The first kappa shape index (κ1) is 18.6. The van der Waals surface area contributed by atoms with E-state index < -0.39 is 11.8 Å². The number of hydrogen-bond donors (Lipinski definition) is 1. The summed E-state index contributed by atoms with van der Waals surface area (Å²) in [5.41, 5.74) is 5.41. The minimum atomic E-state index is -0.703. The standard InChI is InChI=1S/C21H23N3O3/c1-16-4-6-18(7-5-16)15-27-19-10-8-17(9-11-19)14-22-23-20(25)21(26)24-12-2-3-13-24/h4-11,14H,2-3,12-13,15H2,1H3,(H,23,25)/b22-14-. The van der Waals surface area contributed by atoms with Crippen LogP contribution in [0.3, 0.4) is 0 Å². The van der Waals surface area contributed by atoms with Gasteiger partial charge in [0.15, 0.2) is 0 Å². The molecule has 1 fully saturated rings. The van der Waals surface area contributed by atoms with Crippen molar-refractivity contribution in [2.45, 2.75) is 26.4 Å². The molecule has 27 heavy (non-hydrogen) atoms. The SMILES string of the molecule is Cc1ccc(COc2ccc(/C=N\NC(=O)C(=O)N3CCCC3)cc2)cc1. The third kappa shape index (κ3) is 5.41. The molecule has 3 rings (SSSR count). The molecule has 140 valence electrons. The van der Waals surface area contributed by atoms with Gasteiger partial charge in [-0.15, -0.1) is 0 Å². The lowest BCUT2D eigenvalue weighted by molar-refractivity contribution is -0.145. The molecule has 1 saturated heterocycles. The molecular formula is C21H23N3O3. The summed E-state index contributed by atoms with van der Waals surface area (Å²) in [7, 11) is 0. The zero-order valence-corrected chi connectivity index (χ0v) is 15.4. The van der Waals surface area contributed by atoms with Crippen LogP contribution < -0.4 is 10.2 Å². The molecule has 1 N–H and O–H groups in total. The van der Waals surface area contributed by atoms with Crippen LogP contribution in [0.2, 0.25) is 0 Å². The van der Waals surface area contributed by atoms with Gasteiger partial charge in [-0.2, -0.15) is 5.10 Å². The Labute approximate surface area is 158 Å². The highest BCUT2D eigenvalue weighted by molar-refractivity contribution is 6.35. The summed E-state index contributed by atoms with van der Waals surface area (Å²) in [6.07, 6.45) is 3.39. The van der Waals surface area contributed by atoms with Crippen LogP contribution in [-0.4, -0.2) is 36.0 Å². The van der Waals surface area contributed by atoms with Gasteiger partial charge in [0.2, 0.25) is 0 Å². The van der Waals surface area contributed by atoms with Gasteiger partial charge in [-0.25, -0.2) is 5.43 Å². The predicted molar refractivity (Wildman–Crippen MR) is 104 cm³/mol. The quantitative estimate of drug-likeness (QED) is 0.503. The summed E-state index contributed by atoms with van der Waals surface area (Å²) >= 11 is 0. The number of benzene rings is 2. The molecule has 0 unspecified atom stereocenters. The second-order valence-corrected chi connectivity index (χ2v) is 6.54. The Balaban J connectivity index is 1.46. The van der Waals surface area contributed by atoms with Gasteiger partial charge in [-0.05, 0) is 55.2 Å². The van der Waals surface area contributed by atoms with Crippen molar-refractivity contribution < 1.29 is 14.3 Å². The molecule has 0 aliphatic carbocycles. The lowest BCUT2D eigenvalue weighted by Gasteiger charge is -2.12. The number of aryl methyl sites for hydroxylation is 1. The number of hydrazone groups is 1. The Hall–Kier alpha value is -3.15. The van der Waals surface area contributed by atoms with E-state index in [2.05, 4.69) is 29.6 Å². The molecule has 1 aliphatic heterocycles. The molecular weight excluding hydrogens is 342 g/mol. The first-order valence-electron chi connectivity index (χ1n) is 9.02. The van der Waals surface area contributed by atoms with Crippen molar-refractivity contribution in [1.82, 2.24) is 10.3 Å². The number of amides is 2. The second kappa shape index (κ2) is 8.98. The van der Waals surface area contributed by atoms with Gasteiger partial charge in [0.05, 0.1) is 6.21 Å². The average Bonchev–Trinajstić information content (AvgIpc) is 3.22. The van der Waals surface area contributed by atoms with Crippen LogP contribution in [0.4, 0.5) is 0 Å². The Kier molecular flexibility index (Phi) is 6.20. The molecule has 2 aromatic carbocycles. The van der Waals surface area contributed by atoms with Crippen molar-refractivity contribution in [2.24, 2.45) is 5.10 Å². The van der Waals surface area contributed by atoms with E-state index >= 15 is 0 Å². The number of nitrogens with one attached hydrogen (secondary N) is 1. The molecule has 6 heteroatoms. The average molecular weight is 365 g/mol. The van der Waals surface area contributed by atoms with E-state index in [4.69, 9.17) is 4.74 Å². The van der Waals surface area contributed by atoms with Crippen molar-refractivity contribution in [3.05, 3.63) is 65.2 Å². The second-order valence-electron chi connectivity index (χ2n) is 6.54. The number of hydrogen-bond acceptors (Lipinski definition) is 4. The molecule has 6 nitrogen and oxygen atoms in total. The van der Waals surface area contributed by atoms with Gasteiger partial charge in [0, 0.05) is 13.1 Å². The first-order chi connectivity index (χ1) is 13.1. The highest BCUT2D eigenvalue weighted by Crippen LogP contribution is 2.14. The fraction of sp³-hybridized carbons (Fsp3) is 0.286. The maximum absolute atomic E-state index is 11.9. The maximum Gasteiger partial charge on any atom is 0.329 e. The van der Waals surface area contributed by atoms with Crippen molar-refractivity contribution in [3.63, 3.8) is 0 Å². The largest absolute Gasteiger partial charge is 0.489 e. The number of carbonyl (C=O) groups excluding carboxylic acids is 2. The Morgan fingerprint density at radius 2 is 1.74 bits per heavy atom. The van der Waals surface area contributed by atoms with Crippen LogP contribution in [0, 0.1) is 6.92 Å². The Bertz CT molecular complexity index is 808. The summed E-state index contributed by atoms with van der Waals surface area (Å²) in [6.45, 7) is 3.83.